The molecule has 0 saturated carbocycles. The Morgan fingerprint density at radius 3 is 1.17 bits per heavy atom. The summed E-state index contributed by atoms with van der Waals surface area (Å²) in [4.78, 5) is 0. The van der Waals surface area contributed by atoms with E-state index in [1.54, 1.807) is 0 Å². The molecule has 0 aromatic rings. The first-order valence-corrected chi connectivity index (χ1v) is 12.5. The first-order chi connectivity index (χ1) is 2.73. The van der Waals surface area contributed by atoms with Crippen molar-refractivity contribution in [1.82, 2.24) is 0 Å². The van der Waals surface area contributed by atoms with Crippen LogP contribution in [-0.4, -0.2) is 45.7 Å². The van der Waals surface area contributed by atoms with Crippen LogP contribution in [0.1, 0.15) is 0 Å². The quantitative estimate of drug-likeness (QED) is 0.348. The van der Waals surface area contributed by atoms with E-state index in [1.807, 2.05) is 0 Å². The number of hydrogen-bond donors (Lipinski definition) is 0. The zero-order valence-corrected chi connectivity index (χ0v) is 14.3. The molecule has 0 aliphatic carbocycles. The molecule has 0 bridgehead atoms. The van der Waals surface area contributed by atoms with Crippen LogP contribution in [0.25, 0.3) is 0 Å². The molecule has 6 heteroatoms. The summed E-state index contributed by atoms with van der Waals surface area (Å²) in [6, 6.07) is 0. The van der Waals surface area contributed by atoms with Crippen molar-refractivity contribution in [2.45, 2.75) is 0 Å². The molecule has 6 heavy (non-hydrogen) atoms. The van der Waals surface area contributed by atoms with Crippen LogP contribution in [0, 0.1) is 0 Å². The predicted octanol–water partition coefficient (Wildman–Crippen LogP) is 2.74. The third-order valence-corrected chi connectivity index (χ3v) is 0. The molecule has 0 fully saturated rings. The summed E-state index contributed by atoms with van der Waals surface area (Å²) in [7, 11) is 0. The van der Waals surface area contributed by atoms with Gasteiger partial charge >= 0.3 is 52.3 Å². The summed E-state index contributed by atoms with van der Waals surface area (Å²) >= 11 is 7.83. The normalized spacial score (nSPS) is 5.67. The van der Waals surface area contributed by atoms with E-state index < -0.39 is 0 Å². The molecule has 0 heterocycles. The monoisotopic (exact) mass is 510 g/mol. The summed E-state index contributed by atoms with van der Waals surface area (Å²) in [5, 5.41) is 0. The van der Waals surface area contributed by atoms with Gasteiger partial charge in [0.25, 0.3) is 0 Å². The minimum absolute atomic E-state index is 0.743. The molecule has 0 amide bonds. The van der Waals surface area contributed by atoms with E-state index in [1.165, 1.54) is 0 Å². The van der Waals surface area contributed by atoms with Crippen molar-refractivity contribution in [3.8, 4) is 0 Å². The Kier molecular flexibility index (Phi) is 26.2. The van der Waals surface area contributed by atoms with Crippen LogP contribution in [0.15, 0.2) is 0 Å². The molecule has 0 unspecified atom stereocenters. The summed E-state index contributed by atoms with van der Waals surface area (Å²) in [5.74, 6) is 0. The van der Waals surface area contributed by atoms with Gasteiger partial charge in [0.15, 0.2) is 0 Å². The Labute approximate surface area is 115 Å². The molecule has 0 N–H and O–H groups in total. The SMILES string of the molecule is IB(I)I.[K][Br]. The van der Waals surface area contributed by atoms with Crippen molar-refractivity contribution in [3.05, 3.63) is 0 Å². The number of rotatable bonds is 0. The molecular formula is BBrI3K. The van der Waals surface area contributed by atoms with E-state index in [0.717, 1.165) is 45.7 Å². The van der Waals surface area contributed by atoms with Gasteiger partial charge < -0.3 is 0 Å². The molecule has 0 aromatic carbocycles. The third kappa shape index (κ3) is 23.8. The van der Waals surface area contributed by atoms with Crippen LogP contribution in [0.4, 0.5) is 0 Å². The average molecular weight is 511 g/mol. The second kappa shape index (κ2) is 12.1. The van der Waals surface area contributed by atoms with E-state index in [2.05, 4.69) is 73.7 Å². The fourth-order valence-corrected chi connectivity index (χ4v) is 0. The van der Waals surface area contributed by atoms with Gasteiger partial charge in [0, 0.05) is 0 Å². The van der Waals surface area contributed by atoms with Crippen molar-refractivity contribution in [2.75, 3.05) is 0 Å². The molecule has 0 aromatic heterocycles. The fourth-order valence-electron chi connectivity index (χ4n) is 0. The van der Waals surface area contributed by atoms with Crippen LogP contribution < -0.4 is 0 Å². The van der Waals surface area contributed by atoms with Crippen molar-refractivity contribution >= 4 is 119 Å². The van der Waals surface area contributed by atoms with E-state index >= 15 is 0 Å². The Hall–Kier alpha value is 4.37. The Morgan fingerprint density at radius 2 is 1.17 bits per heavy atom. The van der Waals surface area contributed by atoms with E-state index in [0.29, 0.717) is 0 Å². The van der Waals surface area contributed by atoms with E-state index in [-0.39, 0.29) is 0 Å². The maximum absolute atomic E-state index is 3.12. The maximum atomic E-state index is 3.12. The molecule has 0 saturated heterocycles. The van der Waals surface area contributed by atoms with E-state index in [9.17, 15) is 0 Å². The topological polar surface area (TPSA) is 0 Å². The molecular weight excluding hydrogens is 511 g/mol. The van der Waals surface area contributed by atoms with Gasteiger partial charge in [-0.25, -0.2) is 0 Å². The molecule has 0 aliphatic heterocycles. The molecule has 0 atom stereocenters. The molecule has 32 valence electrons. The van der Waals surface area contributed by atoms with Crippen LogP contribution in [-0.2, 0) is 0 Å². The van der Waals surface area contributed by atoms with Gasteiger partial charge in [0.05, 0.1) is 0 Å². The van der Waals surface area contributed by atoms with Gasteiger partial charge in [0.2, 0.25) is 0 Å². The Bertz CT molecular complexity index is 15.5. The Balaban J connectivity index is 0. The van der Waals surface area contributed by atoms with Crippen molar-refractivity contribution < 1.29 is 0 Å². The summed E-state index contributed by atoms with van der Waals surface area (Å²) in [6.45, 7) is 3.12. The van der Waals surface area contributed by atoms with Crippen LogP contribution >= 0.6 is 73.7 Å². The molecule has 0 nitrogen and oxygen atoms in total. The van der Waals surface area contributed by atoms with Gasteiger partial charge in [-0.05, 0) is 0 Å². The second-order valence-electron chi connectivity index (χ2n) is 0.247. The number of hydrogen-bond acceptors (Lipinski definition) is 0. The zero-order chi connectivity index (χ0) is 5.58. The van der Waals surface area contributed by atoms with E-state index in [4.69, 9.17) is 0 Å². The molecule has 0 spiro atoms. The van der Waals surface area contributed by atoms with Crippen molar-refractivity contribution in [1.29, 1.82) is 0 Å². The van der Waals surface area contributed by atoms with Gasteiger partial charge in [-0.2, -0.15) is 0 Å². The van der Waals surface area contributed by atoms with Crippen molar-refractivity contribution in [3.63, 3.8) is 0 Å². The average Bonchev–Trinajstić information content (AvgIpc) is 1.41. The van der Waals surface area contributed by atoms with Gasteiger partial charge in [-0.1, -0.05) is 0 Å². The fraction of sp³-hybridized carbons (Fsp3) is 0. The molecule has 0 aliphatic rings. The Morgan fingerprint density at radius 1 is 1.17 bits per heavy atom. The molecule has 0 radical (unpaired) electrons. The zero-order valence-electron chi connectivity index (χ0n) is 3.09. The van der Waals surface area contributed by atoms with Crippen molar-refractivity contribution in [2.24, 2.45) is 0 Å². The van der Waals surface area contributed by atoms with Crippen LogP contribution in [0.3, 0.4) is 0 Å². The van der Waals surface area contributed by atoms with Gasteiger partial charge in [0.1, 0.15) is 0 Å². The second-order valence-corrected chi connectivity index (χ2v) is 11.1. The summed E-state index contributed by atoms with van der Waals surface area (Å²) < 4.78 is 0.743. The standard InChI is InChI=1S/BI3.BrH.K/c2-1(3)4;;/h;1H;/q;;+1/p-1. The minimum atomic E-state index is 0.743. The van der Waals surface area contributed by atoms with Crippen LogP contribution in [0.5, 0.6) is 0 Å². The predicted molar refractivity (Wildman–Crippen MR) is 62.5 cm³/mol. The van der Waals surface area contributed by atoms with Gasteiger partial charge in [-0.15, -0.1) is 67.1 Å². The first-order valence-electron chi connectivity index (χ1n) is 1.03. The third-order valence-electron chi connectivity index (χ3n) is 0. The molecule has 0 rings (SSSR count). The van der Waals surface area contributed by atoms with Gasteiger partial charge in [-0.3, -0.25) is 0 Å². The summed E-state index contributed by atoms with van der Waals surface area (Å²) in [5.41, 5.74) is 0. The first kappa shape index (κ1) is 13.0. The van der Waals surface area contributed by atoms with Crippen LogP contribution in [0.2, 0.25) is 0 Å². The summed E-state index contributed by atoms with van der Waals surface area (Å²) in [6.07, 6.45) is 0. The number of halogens is 4.